The molecule has 4 nitrogen and oxygen atoms in total. The number of carbonyl (C=O) groups is 1. The summed E-state index contributed by atoms with van der Waals surface area (Å²) in [5.41, 5.74) is 1.78. The molecule has 0 saturated carbocycles. The molecule has 5 heteroatoms. The number of pyridine rings is 1. The minimum absolute atomic E-state index is 0.247. The van der Waals surface area contributed by atoms with Crippen LogP contribution in [0.15, 0.2) is 54.9 Å². The highest BCUT2D eigenvalue weighted by Gasteiger charge is 2.18. The number of esters is 1. The van der Waals surface area contributed by atoms with E-state index in [9.17, 15) is 9.18 Å². The number of nitrogens with zero attached hydrogens (tertiary/aromatic N) is 1. The van der Waals surface area contributed by atoms with E-state index >= 15 is 0 Å². The maximum absolute atomic E-state index is 14.0. The number of halogens is 1. The van der Waals surface area contributed by atoms with Crippen molar-refractivity contribution >= 4 is 16.7 Å². The lowest BCUT2D eigenvalue weighted by atomic mass is 9.98. The molecule has 2 aromatic carbocycles. The second kappa shape index (κ2) is 7.95. The van der Waals surface area contributed by atoms with Crippen molar-refractivity contribution in [3.8, 4) is 5.75 Å². The molecule has 0 aliphatic carbocycles. The van der Waals surface area contributed by atoms with Gasteiger partial charge in [0.1, 0.15) is 11.6 Å². The third-order valence-corrected chi connectivity index (χ3v) is 4.12. The van der Waals surface area contributed by atoms with E-state index in [1.54, 1.807) is 44.4 Å². The summed E-state index contributed by atoms with van der Waals surface area (Å²) in [6.45, 7) is 3.70. The molecule has 3 rings (SSSR count). The Labute approximate surface area is 151 Å². The van der Waals surface area contributed by atoms with E-state index in [0.29, 0.717) is 24.2 Å². The van der Waals surface area contributed by atoms with Crippen LogP contribution in [-0.4, -0.2) is 23.7 Å². The minimum Gasteiger partial charge on any atom is -0.479 e. The Morgan fingerprint density at radius 2 is 1.88 bits per heavy atom. The molecule has 0 spiro atoms. The van der Waals surface area contributed by atoms with Gasteiger partial charge in [0.15, 0.2) is 6.10 Å². The molecule has 1 aromatic heterocycles. The number of hydrogen-bond acceptors (Lipinski definition) is 4. The van der Waals surface area contributed by atoms with Gasteiger partial charge in [-0.3, -0.25) is 4.98 Å². The predicted molar refractivity (Wildman–Crippen MR) is 97.7 cm³/mol. The number of ether oxygens (including phenoxy) is 2. The second-order valence-electron chi connectivity index (χ2n) is 5.92. The van der Waals surface area contributed by atoms with Gasteiger partial charge >= 0.3 is 5.97 Å². The average Bonchev–Trinajstić information content (AvgIpc) is 2.66. The normalized spacial score (nSPS) is 12.0. The zero-order chi connectivity index (χ0) is 18.5. The summed E-state index contributed by atoms with van der Waals surface area (Å²) in [6.07, 6.45) is 3.10. The van der Waals surface area contributed by atoms with Gasteiger partial charge in [0.25, 0.3) is 0 Å². The summed E-state index contributed by atoms with van der Waals surface area (Å²) < 4.78 is 24.8. The van der Waals surface area contributed by atoms with Gasteiger partial charge in [-0.25, -0.2) is 9.18 Å². The number of rotatable bonds is 6. The van der Waals surface area contributed by atoms with Crippen LogP contribution in [0.25, 0.3) is 10.8 Å². The van der Waals surface area contributed by atoms with Crippen molar-refractivity contribution in [2.24, 2.45) is 0 Å². The Morgan fingerprint density at radius 3 is 2.65 bits per heavy atom. The number of carbonyl (C=O) groups excluding carboxylic acids is 1. The van der Waals surface area contributed by atoms with Gasteiger partial charge in [0.2, 0.25) is 0 Å². The Bertz CT molecular complexity index is 926. The highest BCUT2D eigenvalue weighted by Crippen LogP contribution is 2.27. The van der Waals surface area contributed by atoms with Crippen LogP contribution in [-0.2, 0) is 16.0 Å². The molecule has 3 aromatic rings. The van der Waals surface area contributed by atoms with Crippen molar-refractivity contribution in [3.63, 3.8) is 0 Å². The Morgan fingerprint density at radius 1 is 1.12 bits per heavy atom. The van der Waals surface area contributed by atoms with Crippen LogP contribution in [0.3, 0.4) is 0 Å². The van der Waals surface area contributed by atoms with Gasteiger partial charge in [0, 0.05) is 29.8 Å². The summed E-state index contributed by atoms with van der Waals surface area (Å²) in [4.78, 5) is 16.0. The van der Waals surface area contributed by atoms with Crippen LogP contribution >= 0.6 is 0 Å². The van der Waals surface area contributed by atoms with E-state index in [2.05, 4.69) is 4.98 Å². The Balaban J connectivity index is 1.90. The molecule has 0 N–H and O–H groups in total. The molecule has 0 aliphatic heterocycles. The van der Waals surface area contributed by atoms with E-state index in [1.165, 1.54) is 6.07 Å². The van der Waals surface area contributed by atoms with Crippen LogP contribution in [0.2, 0.25) is 0 Å². The average molecular weight is 353 g/mol. The highest BCUT2D eigenvalue weighted by atomic mass is 19.1. The molecular weight excluding hydrogens is 333 g/mol. The van der Waals surface area contributed by atoms with Crippen LogP contribution in [0.4, 0.5) is 4.39 Å². The fourth-order valence-corrected chi connectivity index (χ4v) is 2.84. The Hall–Kier alpha value is -2.95. The Kier molecular flexibility index (Phi) is 5.46. The molecule has 0 amide bonds. The van der Waals surface area contributed by atoms with Crippen molar-refractivity contribution in [1.29, 1.82) is 0 Å². The quantitative estimate of drug-likeness (QED) is 0.620. The molecule has 0 fully saturated rings. The van der Waals surface area contributed by atoms with E-state index in [4.69, 9.17) is 9.47 Å². The van der Waals surface area contributed by atoms with Crippen molar-refractivity contribution in [3.05, 3.63) is 71.8 Å². The first-order valence-electron chi connectivity index (χ1n) is 8.52. The minimum atomic E-state index is -0.721. The lowest BCUT2D eigenvalue weighted by Gasteiger charge is -2.16. The molecule has 0 saturated heterocycles. The van der Waals surface area contributed by atoms with Gasteiger partial charge in [-0.05, 0) is 36.9 Å². The molecule has 0 radical (unpaired) electrons. The van der Waals surface area contributed by atoms with E-state index in [-0.39, 0.29) is 5.82 Å². The van der Waals surface area contributed by atoms with Crippen LogP contribution in [0.5, 0.6) is 5.75 Å². The van der Waals surface area contributed by atoms with E-state index in [0.717, 1.165) is 16.5 Å². The molecule has 1 unspecified atom stereocenters. The number of benzene rings is 2. The molecule has 134 valence electrons. The van der Waals surface area contributed by atoms with E-state index < -0.39 is 12.1 Å². The third kappa shape index (κ3) is 3.82. The van der Waals surface area contributed by atoms with E-state index in [1.807, 2.05) is 18.2 Å². The number of hydrogen-bond donors (Lipinski definition) is 0. The van der Waals surface area contributed by atoms with Gasteiger partial charge < -0.3 is 9.47 Å². The lowest BCUT2D eigenvalue weighted by Crippen LogP contribution is -2.26. The van der Waals surface area contributed by atoms with Gasteiger partial charge in [-0.15, -0.1) is 0 Å². The van der Waals surface area contributed by atoms with Crippen molar-refractivity contribution in [2.45, 2.75) is 26.4 Å². The summed E-state index contributed by atoms with van der Waals surface area (Å²) in [7, 11) is 0. The van der Waals surface area contributed by atoms with Gasteiger partial charge in [-0.1, -0.05) is 30.3 Å². The maximum Gasteiger partial charge on any atom is 0.347 e. The standard InChI is InChI=1S/C21H20FNO3/c1-3-25-21(24)14(2)26-20-10-11-23-13-16(20)12-15-8-9-19(22)18-7-5-4-6-17(15)18/h4-11,13-14H,3,12H2,1-2H3. The van der Waals surface area contributed by atoms with Crippen LogP contribution < -0.4 is 4.74 Å². The summed E-state index contributed by atoms with van der Waals surface area (Å²) in [5.74, 6) is -0.0978. The first kappa shape index (κ1) is 17.9. The van der Waals surface area contributed by atoms with Crippen molar-refractivity contribution in [1.82, 2.24) is 4.98 Å². The van der Waals surface area contributed by atoms with Gasteiger partial charge in [-0.2, -0.15) is 0 Å². The third-order valence-electron chi connectivity index (χ3n) is 4.12. The largest absolute Gasteiger partial charge is 0.479 e. The summed E-state index contributed by atoms with van der Waals surface area (Å²) >= 11 is 0. The monoisotopic (exact) mass is 353 g/mol. The topological polar surface area (TPSA) is 48.4 Å². The smallest absolute Gasteiger partial charge is 0.347 e. The fraction of sp³-hybridized carbons (Fsp3) is 0.238. The predicted octanol–water partition coefficient (Wildman–Crippen LogP) is 4.30. The van der Waals surface area contributed by atoms with Crippen LogP contribution in [0.1, 0.15) is 25.0 Å². The van der Waals surface area contributed by atoms with Gasteiger partial charge in [0.05, 0.1) is 6.61 Å². The summed E-state index contributed by atoms with van der Waals surface area (Å²) in [5, 5.41) is 1.43. The van der Waals surface area contributed by atoms with Crippen molar-refractivity contribution in [2.75, 3.05) is 6.61 Å². The lowest BCUT2D eigenvalue weighted by molar-refractivity contribution is -0.150. The summed E-state index contributed by atoms with van der Waals surface area (Å²) in [6, 6.07) is 12.3. The highest BCUT2D eigenvalue weighted by molar-refractivity contribution is 5.86. The molecule has 1 heterocycles. The second-order valence-corrected chi connectivity index (χ2v) is 5.92. The van der Waals surface area contributed by atoms with Crippen molar-refractivity contribution < 1.29 is 18.7 Å². The zero-order valence-corrected chi connectivity index (χ0v) is 14.7. The molecule has 0 bridgehead atoms. The zero-order valence-electron chi connectivity index (χ0n) is 14.7. The first-order valence-corrected chi connectivity index (χ1v) is 8.52. The molecule has 26 heavy (non-hydrogen) atoms. The SMILES string of the molecule is CCOC(=O)C(C)Oc1ccncc1Cc1ccc(F)c2ccccc12. The fourth-order valence-electron chi connectivity index (χ4n) is 2.84. The maximum atomic E-state index is 14.0. The molecule has 0 aliphatic rings. The first-order chi connectivity index (χ1) is 12.6. The molecular formula is C21H20FNO3. The van der Waals surface area contributed by atoms with Crippen LogP contribution in [0, 0.1) is 5.82 Å². The number of fused-ring (bicyclic) bond motifs is 1. The number of aromatic nitrogens is 1. The molecule has 1 atom stereocenters.